The molecule has 0 amide bonds. The molecule has 1 rings (SSSR count). The lowest BCUT2D eigenvalue weighted by atomic mass is 10.1. The van der Waals surface area contributed by atoms with E-state index in [-0.39, 0.29) is 17.4 Å². The van der Waals surface area contributed by atoms with Crippen molar-refractivity contribution in [2.75, 3.05) is 6.54 Å². The first-order chi connectivity index (χ1) is 5.61. The highest BCUT2D eigenvalue weighted by molar-refractivity contribution is 5.11. The maximum atomic E-state index is 10.2. The van der Waals surface area contributed by atoms with Gasteiger partial charge in [0.1, 0.15) is 0 Å². The largest absolute Gasteiger partial charge is 0.354 e. The number of hydrogen-bond acceptors (Lipinski definition) is 2. The molecule has 0 spiro atoms. The molecule has 0 fully saturated rings. The maximum absolute atomic E-state index is 10.2. The Balaban J connectivity index is 2.71. The molecule has 66 valence electrons. The number of aryl methyl sites for hydroxylation is 1. The summed E-state index contributed by atoms with van der Waals surface area (Å²) in [5.41, 5.74) is 1.01. The molecule has 0 saturated carbocycles. The summed E-state index contributed by atoms with van der Waals surface area (Å²) in [6.07, 6.45) is 1.89. The Hall–Kier alpha value is -1.32. The Morgan fingerprint density at radius 2 is 2.42 bits per heavy atom. The average Bonchev–Trinajstić information content (AvgIpc) is 2.33. The van der Waals surface area contributed by atoms with E-state index < -0.39 is 0 Å². The summed E-state index contributed by atoms with van der Waals surface area (Å²) < 4.78 is 1.91. The van der Waals surface area contributed by atoms with Gasteiger partial charge in [-0.2, -0.15) is 0 Å². The fraction of sp³-hybridized carbons (Fsp3) is 0.500. The van der Waals surface area contributed by atoms with Crippen LogP contribution >= 0.6 is 0 Å². The van der Waals surface area contributed by atoms with Crippen LogP contribution in [0.2, 0.25) is 0 Å². The van der Waals surface area contributed by atoms with Crippen molar-refractivity contribution >= 4 is 0 Å². The van der Waals surface area contributed by atoms with Gasteiger partial charge in [-0.05, 0) is 12.1 Å². The molecule has 1 aromatic rings. The highest BCUT2D eigenvalue weighted by Crippen LogP contribution is 2.14. The quantitative estimate of drug-likeness (QED) is 0.506. The Morgan fingerprint density at radius 3 is 2.83 bits per heavy atom. The van der Waals surface area contributed by atoms with E-state index in [0.717, 1.165) is 5.69 Å². The summed E-state index contributed by atoms with van der Waals surface area (Å²) in [6.45, 7) is 1.86. The SMILES string of the molecule is CC(C[N+](=O)[O-])c1cccn1C. The van der Waals surface area contributed by atoms with E-state index >= 15 is 0 Å². The van der Waals surface area contributed by atoms with Crippen molar-refractivity contribution in [2.24, 2.45) is 7.05 Å². The van der Waals surface area contributed by atoms with Gasteiger partial charge in [0, 0.05) is 23.9 Å². The summed E-state index contributed by atoms with van der Waals surface area (Å²) in [6, 6.07) is 3.81. The number of aromatic nitrogens is 1. The number of hydrogen-bond donors (Lipinski definition) is 0. The Labute approximate surface area is 71.0 Å². The predicted octanol–water partition coefficient (Wildman–Crippen LogP) is 1.41. The highest BCUT2D eigenvalue weighted by Gasteiger charge is 2.13. The van der Waals surface area contributed by atoms with Crippen molar-refractivity contribution in [3.05, 3.63) is 34.1 Å². The molecule has 0 aliphatic carbocycles. The van der Waals surface area contributed by atoms with E-state index in [4.69, 9.17) is 0 Å². The van der Waals surface area contributed by atoms with Crippen LogP contribution in [0.15, 0.2) is 18.3 Å². The molecule has 1 atom stereocenters. The van der Waals surface area contributed by atoms with Crippen molar-refractivity contribution in [3.63, 3.8) is 0 Å². The predicted molar refractivity (Wildman–Crippen MR) is 45.7 cm³/mol. The minimum Gasteiger partial charge on any atom is -0.354 e. The molecule has 0 saturated heterocycles. The van der Waals surface area contributed by atoms with Gasteiger partial charge in [0.15, 0.2) is 0 Å². The van der Waals surface area contributed by atoms with Crippen molar-refractivity contribution in [3.8, 4) is 0 Å². The molecule has 1 unspecified atom stereocenters. The van der Waals surface area contributed by atoms with E-state index in [0.29, 0.717) is 0 Å². The van der Waals surface area contributed by atoms with Gasteiger partial charge in [-0.15, -0.1) is 0 Å². The minimum atomic E-state index is -0.280. The summed E-state index contributed by atoms with van der Waals surface area (Å²) >= 11 is 0. The van der Waals surface area contributed by atoms with Gasteiger partial charge in [0.2, 0.25) is 6.54 Å². The van der Waals surface area contributed by atoms with Crippen LogP contribution in [0.3, 0.4) is 0 Å². The maximum Gasteiger partial charge on any atom is 0.211 e. The van der Waals surface area contributed by atoms with Gasteiger partial charge >= 0.3 is 0 Å². The van der Waals surface area contributed by atoms with E-state index in [1.807, 2.05) is 36.9 Å². The van der Waals surface area contributed by atoms with Gasteiger partial charge in [-0.25, -0.2) is 0 Å². The van der Waals surface area contributed by atoms with Crippen molar-refractivity contribution in [1.29, 1.82) is 0 Å². The lowest BCUT2D eigenvalue weighted by molar-refractivity contribution is -0.483. The standard InChI is InChI=1S/C8H12N2O2/c1-7(6-10(11)12)8-4-3-5-9(8)2/h3-5,7H,6H2,1-2H3. The number of nitrogens with zero attached hydrogens (tertiary/aromatic N) is 2. The molecule has 1 heterocycles. The van der Waals surface area contributed by atoms with Gasteiger partial charge in [0.05, 0.1) is 5.92 Å². The fourth-order valence-corrected chi connectivity index (χ4v) is 1.30. The third-order valence-corrected chi connectivity index (χ3v) is 1.91. The van der Waals surface area contributed by atoms with E-state index in [9.17, 15) is 10.1 Å². The van der Waals surface area contributed by atoms with E-state index in [1.54, 1.807) is 0 Å². The molecular weight excluding hydrogens is 156 g/mol. The third kappa shape index (κ3) is 1.84. The first-order valence-electron chi connectivity index (χ1n) is 3.84. The molecular formula is C8H12N2O2. The van der Waals surface area contributed by atoms with Crippen LogP contribution in [0.25, 0.3) is 0 Å². The van der Waals surface area contributed by atoms with Crippen molar-refractivity contribution in [2.45, 2.75) is 12.8 Å². The lowest BCUT2D eigenvalue weighted by Gasteiger charge is -2.07. The smallest absolute Gasteiger partial charge is 0.211 e. The molecule has 0 N–H and O–H groups in total. The van der Waals surface area contributed by atoms with Gasteiger partial charge in [-0.3, -0.25) is 10.1 Å². The first-order valence-corrected chi connectivity index (χ1v) is 3.84. The van der Waals surface area contributed by atoms with Crippen LogP contribution in [0.1, 0.15) is 18.5 Å². The van der Waals surface area contributed by atoms with E-state index in [1.165, 1.54) is 0 Å². The normalized spacial score (nSPS) is 12.8. The minimum absolute atomic E-state index is 0.00213. The van der Waals surface area contributed by atoms with Crippen LogP contribution < -0.4 is 0 Å². The summed E-state index contributed by atoms with van der Waals surface area (Å²) in [5.74, 6) is -0.0139. The van der Waals surface area contributed by atoms with Gasteiger partial charge in [-0.1, -0.05) is 6.92 Å². The van der Waals surface area contributed by atoms with Crippen molar-refractivity contribution in [1.82, 2.24) is 4.57 Å². The zero-order valence-electron chi connectivity index (χ0n) is 7.23. The van der Waals surface area contributed by atoms with E-state index in [2.05, 4.69) is 0 Å². The molecule has 0 aliphatic rings. The molecule has 4 heteroatoms. The van der Waals surface area contributed by atoms with Crippen LogP contribution in [-0.2, 0) is 7.05 Å². The van der Waals surface area contributed by atoms with Gasteiger partial charge in [0.25, 0.3) is 0 Å². The second kappa shape index (κ2) is 3.38. The topological polar surface area (TPSA) is 48.1 Å². The third-order valence-electron chi connectivity index (χ3n) is 1.91. The fourth-order valence-electron chi connectivity index (χ4n) is 1.30. The molecule has 0 radical (unpaired) electrons. The molecule has 1 aromatic heterocycles. The summed E-state index contributed by atoms with van der Waals surface area (Å²) in [7, 11) is 1.89. The Kier molecular flexibility index (Phi) is 2.47. The Morgan fingerprint density at radius 1 is 1.75 bits per heavy atom. The lowest BCUT2D eigenvalue weighted by Crippen LogP contribution is -2.11. The van der Waals surface area contributed by atoms with Crippen LogP contribution in [-0.4, -0.2) is 16.0 Å². The number of rotatable bonds is 3. The van der Waals surface area contributed by atoms with Crippen molar-refractivity contribution < 1.29 is 4.92 Å². The average molecular weight is 168 g/mol. The molecule has 0 aromatic carbocycles. The van der Waals surface area contributed by atoms with Crippen LogP contribution in [0.5, 0.6) is 0 Å². The second-order valence-electron chi connectivity index (χ2n) is 2.96. The summed E-state index contributed by atoms with van der Waals surface area (Å²) in [4.78, 5) is 9.93. The second-order valence-corrected chi connectivity index (χ2v) is 2.96. The van der Waals surface area contributed by atoms with Crippen LogP contribution in [0.4, 0.5) is 0 Å². The molecule has 0 bridgehead atoms. The molecule has 4 nitrogen and oxygen atoms in total. The Bertz CT molecular complexity index is 280. The van der Waals surface area contributed by atoms with Crippen LogP contribution in [0, 0.1) is 10.1 Å². The molecule has 0 aliphatic heterocycles. The zero-order valence-corrected chi connectivity index (χ0v) is 7.23. The first kappa shape index (κ1) is 8.77. The summed E-state index contributed by atoms with van der Waals surface area (Å²) in [5, 5.41) is 10.2. The number of nitro groups is 1. The zero-order chi connectivity index (χ0) is 9.14. The van der Waals surface area contributed by atoms with Gasteiger partial charge < -0.3 is 4.57 Å². The molecule has 12 heavy (non-hydrogen) atoms. The monoisotopic (exact) mass is 168 g/mol. The highest BCUT2D eigenvalue weighted by atomic mass is 16.6.